The molecular weight excluding hydrogens is 258 g/mol. The molecule has 0 unspecified atom stereocenters. The summed E-state index contributed by atoms with van der Waals surface area (Å²) in [5.41, 5.74) is 1.18. The first kappa shape index (κ1) is 14.5. The Morgan fingerprint density at radius 3 is 2.50 bits per heavy atom. The monoisotopic (exact) mass is 277 g/mol. The van der Waals surface area contributed by atoms with E-state index in [1.165, 1.54) is 0 Å². The maximum atomic E-state index is 11.7. The van der Waals surface area contributed by atoms with E-state index < -0.39 is 0 Å². The highest BCUT2D eigenvalue weighted by Crippen LogP contribution is 2.30. The number of ether oxygens (including phenoxy) is 2. The van der Waals surface area contributed by atoms with Gasteiger partial charge in [-0.2, -0.15) is 0 Å². The summed E-state index contributed by atoms with van der Waals surface area (Å²) in [5, 5.41) is 2.82. The van der Waals surface area contributed by atoms with E-state index in [0.717, 1.165) is 12.8 Å². The van der Waals surface area contributed by atoms with Crippen molar-refractivity contribution >= 4 is 17.6 Å². The first-order chi connectivity index (χ1) is 9.70. The number of hydrogen-bond donors (Lipinski definition) is 1. The van der Waals surface area contributed by atoms with Gasteiger partial charge in [0.05, 0.1) is 12.2 Å². The molecule has 0 aromatic heterocycles. The molecule has 1 fully saturated rings. The van der Waals surface area contributed by atoms with Gasteiger partial charge in [0.15, 0.2) is 0 Å². The maximum absolute atomic E-state index is 11.7. The minimum absolute atomic E-state index is 0.0555. The van der Waals surface area contributed by atoms with Gasteiger partial charge in [-0.1, -0.05) is 0 Å². The van der Waals surface area contributed by atoms with Crippen molar-refractivity contribution in [3.63, 3.8) is 0 Å². The van der Waals surface area contributed by atoms with Gasteiger partial charge >= 0.3 is 5.97 Å². The van der Waals surface area contributed by atoms with Gasteiger partial charge in [0.2, 0.25) is 5.91 Å². The molecule has 1 aromatic carbocycles. The van der Waals surface area contributed by atoms with Crippen LogP contribution in [0.15, 0.2) is 24.3 Å². The van der Waals surface area contributed by atoms with Crippen molar-refractivity contribution in [1.82, 2.24) is 0 Å². The van der Waals surface area contributed by atoms with Crippen LogP contribution in [-0.4, -0.2) is 32.2 Å². The quantitative estimate of drug-likeness (QED) is 0.613. The average Bonchev–Trinajstić information content (AvgIpc) is 3.29. The van der Waals surface area contributed by atoms with Crippen LogP contribution in [-0.2, 0) is 14.3 Å². The Kier molecular flexibility index (Phi) is 5.12. The zero-order valence-corrected chi connectivity index (χ0v) is 11.6. The number of carbonyl (C=O) groups is 2. The normalized spacial score (nSPS) is 13.8. The van der Waals surface area contributed by atoms with Crippen molar-refractivity contribution < 1.29 is 19.1 Å². The predicted octanol–water partition coefficient (Wildman–Crippen LogP) is 2.23. The van der Waals surface area contributed by atoms with Crippen molar-refractivity contribution in [3.05, 3.63) is 29.8 Å². The summed E-state index contributed by atoms with van der Waals surface area (Å²) in [5.74, 6) is -0.138. The third-order valence-electron chi connectivity index (χ3n) is 3.06. The molecular formula is C15H19NO4. The van der Waals surface area contributed by atoms with Gasteiger partial charge in [-0.05, 0) is 37.1 Å². The maximum Gasteiger partial charge on any atom is 0.338 e. The molecule has 0 saturated heterocycles. The Morgan fingerprint density at radius 2 is 1.90 bits per heavy atom. The lowest BCUT2D eigenvalue weighted by molar-refractivity contribution is -0.117. The summed E-state index contributed by atoms with van der Waals surface area (Å²) < 4.78 is 9.97. The lowest BCUT2D eigenvalue weighted by atomic mass is 10.2. The van der Waals surface area contributed by atoms with Crippen LogP contribution in [0.4, 0.5) is 5.69 Å². The molecule has 0 bridgehead atoms. The van der Waals surface area contributed by atoms with Crippen LogP contribution in [0.5, 0.6) is 0 Å². The first-order valence-electron chi connectivity index (χ1n) is 6.77. The topological polar surface area (TPSA) is 64.6 Å². The molecule has 5 nitrogen and oxygen atoms in total. The van der Waals surface area contributed by atoms with Crippen LogP contribution in [0, 0.1) is 5.92 Å². The molecule has 1 amide bonds. The molecule has 0 aliphatic heterocycles. The van der Waals surface area contributed by atoms with Gasteiger partial charge in [0, 0.05) is 31.7 Å². The van der Waals surface area contributed by atoms with Crippen LogP contribution in [0.3, 0.4) is 0 Å². The Morgan fingerprint density at radius 1 is 1.20 bits per heavy atom. The number of rotatable bonds is 7. The van der Waals surface area contributed by atoms with E-state index in [-0.39, 0.29) is 17.8 Å². The number of amides is 1. The molecule has 0 heterocycles. The Labute approximate surface area is 118 Å². The van der Waals surface area contributed by atoms with E-state index in [0.29, 0.717) is 30.9 Å². The largest absolute Gasteiger partial charge is 0.462 e. The third-order valence-corrected chi connectivity index (χ3v) is 3.06. The van der Waals surface area contributed by atoms with Crippen LogP contribution in [0.2, 0.25) is 0 Å². The second-order valence-electron chi connectivity index (χ2n) is 4.82. The molecule has 0 spiro atoms. The predicted molar refractivity (Wildman–Crippen MR) is 74.6 cm³/mol. The number of anilines is 1. The molecule has 20 heavy (non-hydrogen) atoms. The van der Waals surface area contributed by atoms with Crippen molar-refractivity contribution in [1.29, 1.82) is 0 Å². The van der Waals surface area contributed by atoms with Crippen molar-refractivity contribution in [3.8, 4) is 0 Å². The highest BCUT2D eigenvalue weighted by molar-refractivity contribution is 5.95. The SMILES string of the molecule is COCCCOC(=O)c1ccc(NC(=O)C2CC2)cc1. The van der Waals surface area contributed by atoms with Crippen molar-refractivity contribution in [2.24, 2.45) is 5.92 Å². The van der Waals surface area contributed by atoms with Gasteiger partial charge in [0.25, 0.3) is 0 Å². The van der Waals surface area contributed by atoms with Gasteiger partial charge < -0.3 is 14.8 Å². The molecule has 108 valence electrons. The van der Waals surface area contributed by atoms with Gasteiger partial charge in [0.1, 0.15) is 0 Å². The fourth-order valence-corrected chi connectivity index (χ4v) is 1.73. The minimum Gasteiger partial charge on any atom is -0.462 e. The molecule has 2 rings (SSSR count). The zero-order chi connectivity index (χ0) is 14.4. The number of esters is 1. The highest BCUT2D eigenvalue weighted by Gasteiger charge is 2.29. The number of benzene rings is 1. The Hall–Kier alpha value is -1.88. The Balaban J connectivity index is 1.80. The second kappa shape index (κ2) is 7.05. The Bertz CT molecular complexity index is 465. The van der Waals surface area contributed by atoms with E-state index >= 15 is 0 Å². The molecule has 1 aliphatic rings. The highest BCUT2D eigenvalue weighted by atomic mass is 16.5. The van der Waals surface area contributed by atoms with Gasteiger partial charge in [-0.15, -0.1) is 0 Å². The molecule has 0 radical (unpaired) electrons. The van der Waals surface area contributed by atoms with Crippen LogP contribution in [0.1, 0.15) is 29.6 Å². The van der Waals surface area contributed by atoms with Crippen LogP contribution >= 0.6 is 0 Å². The fourth-order valence-electron chi connectivity index (χ4n) is 1.73. The van der Waals surface area contributed by atoms with Gasteiger partial charge in [-0.25, -0.2) is 4.79 Å². The van der Waals surface area contributed by atoms with Crippen LogP contribution in [0.25, 0.3) is 0 Å². The molecule has 1 aromatic rings. The number of hydrogen-bond acceptors (Lipinski definition) is 4. The number of nitrogens with one attached hydrogen (secondary N) is 1. The molecule has 5 heteroatoms. The minimum atomic E-state index is -0.360. The van der Waals surface area contributed by atoms with E-state index in [1.807, 2.05) is 0 Å². The molecule has 1 N–H and O–H groups in total. The standard InChI is InChI=1S/C15H19NO4/c1-19-9-2-10-20-15(18)12-5-7-13(8-6-12)16-14(17)11-3-4-11/h5-8,11H,2-4,9-10H2,1H3,(H,16,17). The third kappa shape index (κ3) is 4.35. The summed E-state index contributed by atoms with van der Waals surface area (Å²) >= 11 is 0. The fraction of sp³-hybridized carbons (Fsp3) is 0.467. The number of carbonyl (C=O) groups excluding carboxylic acids is 2. The summed E-state index contributed by atoms with van der Waals surface area (Å²) in [6.45, 7) is 0.909. The van der Waals surface area contributed by atoms with Crippen molar-refractivity contribution in [2.45, 2.75) is 19.3 Å². The lowest BCUT2D eigenvalue weighted by Gasteiger charge is -2.06. The summed E-state index contributed by atoms with van der Waals surface area (Å²) in [4.78, 5) is 23.3. The zero-order valence-electron chi connectivity index (χ0n) is 11.6. The summed E-state index contributed by atoms with van der Waals surface area (Å²) in [7, 11) is 1.61. The summed E-state index contributed by atoms with van der Waals surface area (Å²) in [6, 6.07) is 6.74. The smallest absolute Gasteiger partial charge is 0.338 e. The lowest BCUT2D eigenvalue weighted by Crippen LogP contribution is -2.13. The summed E-state index contributed by atoms with van der Waals surface area (Å²) in [6.07, 6.45) is 2.62. The first-order valence-corrected chi connectivity index (χ1v) is 6.77. The number of methoxy groups -OCH3 is 1. The van der Waals surface area contributed by atoms with E-state index in [4.69, 9.17) is 9.47 Å². The van der Waals surface area contributed by atoms with Crippen molar-refractivity contribution in [2.75, 3.05) is 25.6 Å². The van der Waals surface area contributed by atoms with Gasteiger partial charge in [-0.3, -0.25) is 4.79 Å². The molecule has 0 atom stereocenters. The van der Waals surface area contributed by atoms with E-state index in [2.05, 4.69) is 5.32 Å². The molecule has 1 aliphatic carbocycles. The molecule has 1 saturated carbocycles. The van der Waals surface area contributed by atoms with E-state index in [9.17, 15) is 9.59 Å². The van der Waals surface area contributed by atoms with Crippen LogP contribution < -0.4 is 5.32 Å². The second-order valence-corrected chi connectivity index (χ2v) is 4.82. The van der Waals surface area contributed by atoms with E-state index in [1.54, 1.807) is 31.4 Å². The average molecular weight is 277 g/mol.